The van der Waals surface area contributed by atoms with Crippen molar-refractivity contribution in [1.82, 2.24) is 19.7 Å². The molecule has 0 bridgehead atoms. The van der Waals surface area contributed by atoms with Gasteiger partial charge in [0.15, 0.2) is 5.03 Å². The van der Waals surface area contributed by atoms with Crippen LogP contribution >= 0.6 is 0 Å². The average molecular weight is 424 g/mol. The molecule has 0 atom stereocenters. The highest BCUT2D eigenvalue weighted by Gasteiger charge is 2.29. The van der Waals surface area contributed by atoms with Crippen LogP contribution in [0.25, 0.3) is 0 Å². The molecule has 2 aromatic rings. The van der Waals surface area contributed by atoms with Crippen LogP contribution in [0.1, 0.15) is 27.2 Å². The SMILES string of the molecule is COc1cc(OC)nc(NC(=O)NS(=O)(=O)c2nc(C)c(C)c(C)c2C(N)=O)n1. The van der Waals surface area contributed by atoms with Crippen LogP contribution in [0.4, 0.5) is 10.7 Å². The zero-order valence-corrected chi connectivity index (χ0v) is 17.2. The lowest BCUT2D eigenvalue weighted by atomic mass is 10.0. The summed E-state index contributed by atoms with van der Waals surface area (Å²) in [4.78, 5) is 35.7. The van der Waals surface area contributed by atoms with Gasteiger partial charge in [0.1, 0.15) is 0 Å². The fraction of sp³-hybridized carbons (Fsp3) is 0.312. The number of hydrogen-bond acceptors (Lipinski definition) is 9. The summed E-state index contributed by atoms with van der Waals surface area (Å²) in [5.74, 6) is -1.09. The zero-order valence-electron chi connectivity index (χ0n) is 16.4. The van der Waals surface area contributed by atoms with Gasteiger partial charge in [0.2, 0.25) is 17.7 Å². The summed E-state index contributed by atoms with van der Waals surface area (Å²) >= 11 is 0. The second kappa shape index (κ2) is 8.26. The number of primary amides is 1. The molecular weight excluding hydrogens is 404 g/mol. The number of nitrogens with zero attached hydrogens (tertiary/aromatic N) is 3. The van der Waals surface area contributed by atoms with Crippen molar-refractivity contribution in [3.05, 3.63) is 28.5 Å². The Balaban J connectivity index is 2.37. The van der Waals surface area contributed by atoms with Gasteiger partial charge in [-0.25, -0.2) is 14.5 Å². The molecule has 0 saturated carbocycles. The Morgan fingerprint density at radius 3 is 2.03 bits per heavy atom. The van der Waals surface area contributed by atoms with Crippen molar-refractivity contribution in [2.45, 2.75) is 25.8 Å². The molecule has 156 valence electrons. The minimum absolute atomic E-state index is 0.0810. The van der Waals surface area contributed by atoms with Crippen molar-refractivity contribution < 1.29 is 27.5 Å². The molecule has 29 heavy (non-hydrogen) atoms. The summed E-state index contributed by atoms with van der Waals surface area (Å²) in [6.07, 6.45) is 0. The van der Waals surface area contributed by atoms with Gasteiger partial charge >= 0.3 is 6.03 Å². The van der Waals surface area contributed by atoms with Crippen LogP contribution in [0.2, 0.25) is 0 Å². The molecule has 2 rings (SSSR count). The first kappa shape index (κ1) is 21.8. The van der Waals surface area contributed by atoms with Crippen molar-refractivity contribution in [1.29, 1.82) is 0 Å². The summed E-state index contributed by atoms with van der Waals surface area (Å²) < 4.78 is 37.0. The third-order valence-corrected chi connectivity index (χ3v) is 5.27. The van der Waals surface area contributed by atoms with E-state index in [1.54, 1.807) is 25.5 Å². The van der Waals surface area contributed by atoms with Crippen LogP contribution in [0, 0.1) is 20.8 Å². The molecule has 3 amide bonds. The first-order valence-corrected chi connectivity index (χ1v) is 9.57. The standard InChI is InChI=1S/C16H20N6O6S/c1-7-8(2)12(13(17)23)14(18-9(7)3)29(25,26)22-16(24)21-15-19-10(27-4)6-11(20-15)28-5/h6H,1-5H3,(H2,17,23)(H2,19,20,21,22,24). The van der Waals surface area contributed by atoms with E-state index >= 15 is 0 Å². The van der Waals surface area contributed by atoms with Crippen LogP contribution < -0.4 is 25.2 Å². The molecule has 4 N–H and O–H groups in total. The monoisotopic (exact) mass is 424 g/mol. The maximum Gasteiger partial charge on any atom is 0.335 e. The molecule has 0 spiro atoms. The van der Waals surface area contributed by atoms with Gasteiger partial charge < -0.3 is 15.2 Å². The minimum Gasteiger partial charge on any atom is -0.481 e. The van der Waals surface area contributed by atoms with Gasteiger partial charge in [-0.05, 0) is 31.9 Å². The average Bonchev–Trinajstić information content (AvgIpc) is 2.64. The Bertz CT molecular complexity index is 1060. The topological polar surface area (TPSA) is 175 Å². The molecule has 0 saturated heterocycles. The Labute approximate surface area is 166 Å². The van der Waals surface area contributed by atoms with Gasteiger partial charge in [-0.3, -0.25) is 10.1 Å². The third-order valence-electron chi connectivity index (χ3n) is 4.01. The van der Waals surface area contributed by atoms with E-state index in [9.17, 15) is 18.0 Å². The van der Waals surface area contributed by atoms with Crippen LogP contribution in [0.15, 0.2) is 11.1 Å². The summed E-state index contributed by atoms with van der Waals surface area (Å²) in [7, 11) is -1.86. The Kier molecular flexibility index (Phi) is 6.21. The first-order valence-electron chi connectivity index (χ1n) is 8.08. The lowest BCUT2D eigenvalue weighted by Crippen LogP contribution is -2.37. The molecule has 0 aliphatic carbocycles. The van der Waals surface area contributed by atoms with Crippen molar-refractivity contribution >= 4 is 27.9 Å². The lowest BCUT2D eigenvalue weighted by molar-refractivity contribution is 0.0995. The first-order chi connectivity index (χ1) is 13.5. The number of hydrogen-bond donors (Lipinski definition) is 3. The van der Waals surface area contributed by atoms with E-state index in [4.69, 9.17) is 15.2 Å². The number of aromatic nitrogens is 3. The summed E-state index contributed by atoms with van der Waals surface area (Å²) in [6, 6.07) is 0.175. The number of aryl methyl sites for hydroxylation is 1. The van der Waals surface area contributed by atoms with Crippen LogP contribution in [0.3, 0.4) is 0 Å². The number of methoxy groups -OCH3 is 2. The number of sulfonamides is 1. The lowest BCUT2D eigenvalue weighted by Gasteiger charge is -2.15. The number of anilines is 1. The van der Waals surface area contributed by atoms with Gasteiger partial charge in [-0.15, -0.1) is 0 Å². The second-order valence-corrected chi connectivity index (χ2v) is 7.43. The Morgan fingerprint density at radius 1 is 1.00 bits per heavy atom. The zero-order chi connectivity index (χ0) is 21.9. The number of carbonyl (C=O) groups is 2. The van der Waals surface area contributed by atoms with E-state index in [1.807, 2.05) is 0 Å². The molecule has 0 fully saturated rings. The van der Waals surface area contributed by atoms with Crippen molar-refractivity contribution in [3.8, 4) is 11.8 Å². The number of amides is 3. The minimum atomic E-state index is -4.54. The predicted molar refractivity (Wildman–Crippen MR) is 101 cm³/mol. The maximum absolute atomic E-state index is 12.7. The van der Waals surface area contributed by atoms with Crippen molar-refractivity contribution in [3.63, 3.8) is 0 Å². The molecule has 0 aliphatic heterocycles. The molecule has 12 nitrogen and oxygen atoms in total. The highest BCUT2D eigenvalue weighted by Crippen LogP contribution is 2.22. The number of urea groups is 1. The quantitative estimate of drug-likeness (QED) is 0.593. The molecule has 0 aromatic carbocycles. The smallest absolute Gasteiger partial charge is 0.335 e. The molecule has 13 heteroatoms. The number of pyridine rings is 1. The van der Waals surface area contributed by atoms with E-state index in [1.165, 1.54) is 20.3 Å². The Hall–Kier alpha value is -3.48. The fourth-order valence-corrected chi connectivity index (χ4v) is 3.53. The third kappa shape index (κ3) is 4.68. The van der Waals surface area contributed by atoms with Gasteiger partial charge in [0.05, 0.1) is 25.8 Å². The van der Waals surface area contributed by atoms with E-state index in [0.717, 1.165) is 0 Å². The van der Waals surface area contributed by atoms with E-state index < -0.39 is 27.0 Å². The normalized spacial score (nSPS) is 10.9. The number of ether oxygens (including phenoxy) is 2. The van der Waals surface area contributed by atoms with Crippen LogP contribution in [-0.4, -0.2) is 49.5 Å². The largest absolute Gasteiger partial charge is 0.481 e. The van der Waals surface area contributed by atoms with Crippen molar-refractivity contribution in [2.75, 3.05) is 19.5 Å². The van der Waals surface area contributed by atoms with Gasteiger partial charge in [0.25, 0.3) is 15.9 Å². The van der Waals surface area contributed by atoms with Crippen LogP contribution in [0.5, 0.6) is 11.8 Å². The van der Waals surface area contributed by atoms with Gasteiger partial charge in [-0.1, -0.05) is 0 Å². The number of carbonyl (C=O) groups excluding carboxylic acids is 2. The predicted octanol–water partition coefficient (Wildman–Crippen LogP) is 0.423. The molecule has 0 aliphatic rings. The van der Waals surface area contributed by atoms with Crippen LogP contribution in [-0.2, 0) is 10.0 Å². The van der Waals surface area contributed by atoms with Crippen molar-refractivity contribution in [2.24, 2.45) is 5.73 Å². The van der Waals surface area contributed by atoms with Gasteiger partial charge in [0, 0.05) is 5.69 Å². The van der Waals surface area contributed by atoms with Gasteiger partial charge in [-0.2, -0.15) is 18.4 Å². The number of rotatable bonds is 6. The Morgan fingerprint density at radius 2 is 1.55 bits per heavy atom. The molecule has 2 heterocycles. The highest BCUT2D eigenvalue weighted by atomic mass is 32.2. The molecule has 2 aromatic heterocycles. The highest BCUT2D eigenvalue weighted by molar-refractivity contribution is 7.90. The number of nitrogens with two attached hydrogens (primary N) is 1. The summed E-state index contributed by atoms with van der Waals surface area (Å²) in [5, 5.41) is 1.50. The molecular formula is C16H20N6O6S. The fourth-order valence-electron chi connectivity index (χ4n) is 2.36. The summed E-state index contributed by atoms with van der Waals surface area (Å²) in [5.41, 5.74) is 6.36. The molecule has 0 radical (unpaired) electrons. The maximum atomic E-state index is 12.7. The van der Waals surface area contributed by atoms with E-state index in [2.05, 4.69) is 20.3 Å². The summed E-state index contributed by atoms with van der Waals surface area (Å²) in [6.45, 7) is 4.79. The second-order valence-electron chi connectivity index (χ2n) is 5.83. The number of nitrogens with one attached hydrogen (secondary N) is 2. The van der Waals surface area contributed by atoms with E-state index in [-0.39, 0.29) is 23.3 Å². The molecule has 0 unspecified atom stereocenters. The van der Waals surface area contributed by atoms with E-state index in [0.29, 0.717) is 16.8 Å².